The third-order valence-electron chi connectivity index (χ3n) is 4.43. The number of nitrogens with zero attached hydrogens (tertiary/aromatic N) is 2. The van der Waals surface area contributed by atoms with E-state index in [0.29, 0.717) is 5.75 Å². The molecule has 0 spiro atoms. The quantitative estimate of drug-likeness (QED) is 0.775. The average Bonchev–Trinajstić information content (AvgIpc) is 3.00. The summed E-state index contributed by atoms with van der Waals surface area (Å²) >= 11 is 1.64. The number of rotatable bonds is 6. The van der Waals surface area contributed by atoms with Gasteiger partial charge in [0, 0.05) is 31.7 Å². The van der Waals surface area contributed by atoms with Crippen LogP contribution in [0.5, 0.6) is 11.5 Å². The predicted octanol–water partition coefficient (Wildman–Crippen LogP) is 1.61. The smallest absolute Gasteiger partial charge is 0.233 e. The zero-order valence-electron chi connectivity index (χ0n) is 14.2. The van der Waals surface area contributed by atoms with E-state index in [9.17, 15) is 4.79 Å². The molecule has 7 heteroatoms. The van der Waals surface area contributed by atoms with E-state index >= 15 is 0 Å². The van der Waals surface area contributed by atoms with Gasteiger partial charge >= 0.3 is 0 Å². The molecule has 0 aromatic heterocycles. The first-order chi connectivity index (χ1) is 11.7. The van der Waals surface area contributed by atoms with Crippen molar-refractivity contribution >= 4 is 17.7 Å². The van der Waals surface area contributed by atoms with Crippen LogP contribution in [-0.4, -0.2) is 75.1 Å². The molecule has 2 aliphatic rings. The number of hydrogen-bond donors (Lipinski definition) is 0. The number of carbonyl (C=O) groups is 1. The number of methoxy groups -OCH3 is 2. The third-order valence-corrected chi connectivity index (χ3v) is 5.67. The van der Waals surface area contributed by atoms with Crippen LogP contribution in [0.4, 0.5) is 0 Å². The lowest BCUT2D eigenvalue weighted by Crippen LogP contribution is -2.42. The second-order valence-corrected chi connectivity index (χ2v) is 6.88. The minimum absolute atomic E-state index is 0.0245. The molecule has 0 N–H and O–H groups in total. The first-order valence-corrected chi connectivity index (χ1v) is 9.21. The van der Waals surface area contributed by atoms with E-state index in [2.05, 4.69) is 4.90 Å². The molecule has 0 radical (unpaired) electrons. The van der Waals surface area contributed by atoms with Crippen LogP contribution in [-0.2, 0) is 9.53 Å². The maximum Gasteiger partial charge on any atom is 0.233 e. The Kier molecular flexibility index (Phi) is 5.86. The van der Waals surface area contributed by atoms with Crippen molar-refractivity contribution in [1.82, 2.24) is 9.80 Å². The van der Waals surface area contributed by atoms with Gasteiger partial charge in [0.15, 0.2) is 0 Å². The molecule has 24 heavy (non-hydrogen) atoms. The molecule has 132 valence electrons. The van der Waals surface area contributed by atoms with E-state index in [-0.39, 0.29) is 11.3 Å². The Hall–Kier alpha value is -1.44. The van der Waals surface area contributed by atoms with Crippen molar-refractivity contribution < 1.29 is 19.0 Å². The molecule has 2 aliphatic heterocycles. The van der Waals surface area contributed by atoms with Gasteiger partial charge in [0.25, 0.3) is 0 Å². The van der Waals surface area contributed by atoms with Gasteiger partial charge in [0.1, 0.15) is 16.9 Å². The number of benzene rings is 1. The summed E-state index contributed by atoms with van der Waals surface area (Å²) < 4.78 is 16.2. The minimum atomic E-state index is -0.0245. The Morgan fingerprint density at radius 3 is 2.71 bits per heavy atom. The van der Waals surface area contributed by atoms with E-state index < -0.39 is 0 Å². The molecule has 1 aromatic rings. The van der Waals surface area contributed by atoms with Gasteiger partial charge in [-0.25, -0.2) is 0 Å². The maximum absolute atomic E-state index is 12.4. The number of morpholine rings is 1. The highest BCUT2D eigenvalue weighted by molar-refractivity contribution is 8.00. The second kappa shape index (κ2) is 8.09. The molecule has 1 amide bonds. The average molecular weight is 352 g/mol. The zero-order valence-corrected chi connectivity index (χ0v) is 15.0. The Morgan fingerprint density at radius 1 is 1.21 bits per heavy atom. The molecule has 3 rings (SSSR count). The molecule has 0 bridgehead atoms. The molecular formula is C17H24N2O4S. The van der Waals surface area contributed by atoms with Crippen LogP contribution in [0.1, 0.15) is 10.9 Å². The normalized spacial score (nSPS) is 22.0. The summed E-state index contributed by atoms with van der Waals surface area (Å²) in [6, 6.07) is 5.75. The van der Waals surface area contributed by atoms with Crippen LogP contribution in [0.25, 0.3) is 0 Å². The number of carbonyl (C=O) groups excluding carboxylic acids is 1. The summed E-state index contributed by atoms with van der Waals surface area (Å²) in [5, 5.41) is -0.0245. The molecule has 1 unspecified atom stereocenters. The molecule has 1 aromatic carbocycles. The number of hydrogen-bond acceptors (Lipinski definition) is 6. The van der Waals surface area contributed by atoms with E-state index in [1.54, 1.807) is 26.0 Å². The summed E-state index contributed by atoms with van der Waals surface area (Å²) in [7, 11) is 3.31. The van der Waals surface area contributed by atoms with Crippen molar-refractivity contribution in [3.8, 4) is 11.5 Å². The van der Waals surface area contributed by atoms with Crippen LogP contribution in [0.3, 0.4) is 0 Å². The largest absolute Gasteiger partial charge is 0.497 e. The van der Waals surface area contributed by atoms with Gasteiger partial charge in [0.2, 0.25) is 5.91 Å². The Morgan fingerprint density at radius 2 is 2.00 bits per heavy atom. The fourth-order valence-electron chi connectivity index (χ4n) is 3.06. The van der Waals surface area contributed by atoms with Gasteiger partial charge in [-0.1, -0.05) is 0 Å². The van der Waals surface area contributed by atoms with Crippen molar-refractivity contribution in [1.29, 1.82) is 0 Å². The molecule has 1 atom stereocenters. The maximum atomic E-state index is 12.4. The van der Waals surface area contributed by atoms with Crippen LogP contribution in [0.2, 0.25) is 0 Å². The molecule has 0 saturated carbocycles. The molecule has 2 saturated heterocycles. The van der Waals surface area contributed by atoms with Crippen molar-refractivity contribution in [2.24, 2.45) is 0 Å². The minimum Gasteiger partial charge on any atom is -0.497 e. The van der Waals surface area contributed by atoms with Crippen LogP contribution >= 0.6 is 11.8 Å². The third kappa shape index (κ3) is 3.79. The van der Waals surface area contributed by atoms with Crippen LogP contribution < -0.4 is 9.47 Å². The van der Waals surface area contributed by atoms with E-state index in [1.807, 2.05) is 23.1 Å². The van der Waals surface area contributed by atoms with Gasteiger partial charge in [-0.15, -0.1) is 11.8 Å². The zero-order chi connectivity index (χ0) is 16.9. The highest BCUT2D eigenvalue weighted by Crippen LogP contribution is 2.43. The lowest BCUT2D eigenvalue weighted by atomic mass is 10.1. The first kappa shape index (κ1) is 17.4. The van der Waals surface area contributed by atoms with Gasteiger partial charge in [0.05, 0.1) is 33.2 Å². The van der Waals surface area contributed by atoms with Gasteiger partial charge < -0.3 is 19.1 Å². The number of ether oxygens (including phenoxy) is 3. The van der Waals surface area contributed by atoms with Gasteiger partial charge in [-0.2, -0.15) is 0 Å². The highest BCUT2D eigenvalue weighted by Gasteiger charge is 2.34. The SMILES string of the molecule is COc1ccc(OC)c(C2SCC(=O)N2CCN2CCOCC2)c1. The Labute approximate surface area is 147 Å². The lowest BCUT2D eigenvalue weighted by molar-refractivity contribution is -0.128. The summed E-state index contributed by atoms with van der Waals surface area (Å²) in [6.45, 7) is 5.01. The molecule has 0 aliphatic carbocycles. The fourth-order valence-corrected chi connectivity index (χ4v) is 4.29. The second-order valence-electron chi connectivity index (χ2n) is 5.81. The lowest BCUT2D eigenvalue weighted by Gasteiger charge is -2.31. The van der Waals surface area contributed by atoms with Crippen LogP contribution in [0, 0.1) is 0 Å². The van der Waals surface area contributed by atoms with Crippen molar-refractivity contribution in [2.45, 2.75) is 5.37 Å². The van der Waals surface area contributed by atoms with Crippen molar-refractivity contribution in [3.63, 3.8) is 0 Å². The topological polar surface area (TPSA) is 51.2 Å². The number of thioether (sulfide) groups is 1. The molecule has 2 fully saturated rings. The predicted molar refractivity (Wildman–Crippen MR) is 93.7 cm³/mol. The number of amides is 1. The summed E-state index contributed by atoms with van der Waals surface area (Å²) in [5.74, 6) is 2.26. The highest BCUT2D eigenvalue weighted by atomic mass is 32.2. The monoisotopic (exact) mass is 352 g/mol. The standard InChI is InChI=1S/C17H24N2O4S/c1-21-13-3-4-15(22-2)14(11-13)17-19(16(20)12-24-17)6-5-18-7-9-23-10-8-18/h3-4,11,17H,5-10,12H2,1-2H3. The first-order valence-electron chi connectivity index (χ1n) is 8.16. The molecule has 6 nitrogen and oxygen atoms in total. The van der Waals surface area contributed by atoms with Crippen molar-refractivity contribution in [2.75, 3.05) is 59.4 Å². The fraction of sp³-hybridized carbons (Fsp3) is 0.588. The van der Waals surface area contributed by atoms with E-state index in [4.69, 9.17) is 14.2 Å². The summed E-state index contributed by atoms with van der Waals surface area (Å²) in [4.78, 5) is 16.7. The van der Waals surface area contributed by atoms with Crippen LogP contribution in [0.15, 0.2) is 18.2 Å². The summed E-state index contributed by atoms with van der Waals surface area (Å²) in [5.41, 5.74) is 0.995. The Bertz CT molecular complexity index is 578. The van der Waals surface area contributed by atoms with Gasteiger partial charge in [-0.3, -0.25) is 9.69 Å². The van der Waals surface area contributed by atoms with Gasteiger partial charge in [-0.05, 0) is 18.2 Å². The van der Waals surface area contributed by atoms with E-state index in [0.717, 1.165) is 56.5 Å². The van der Waals surface area contributed by atoms with Crippen molar-refractivity contribution in [3.05, 3.63) is 23.8 Å². The molecule has 2 heterocycles. The van der Waals surface area contributed by atoms with E-state index in [1.165, 1.54) is 0 Å². The molecular weight excluding hydrogens is 328 g/mol. The summed E-state index contributed by atoms with van der Waals surface area (Å²) in [6.07, 6.45) is 0. The Balaban J connectivity index is 1.74.